The van der Waals surface area contributed by atoms with E-state index in [1.54, 1.807) is 11.5 Å². The van der Waals surface area contributed by atoms with Crippen LogP contribution in [0.4, 0.5) is 5.00 Å². The zero-order valence-corrected chi connectivity index (χ0v) is 10.1. The van der Waals surface area contributed by atoms with Gasteiger partial charge in [-0.05, 0) is 43.6 Å². The molecule has 0 bridgehead atoms. The molecule has 1 fully saturated rings. The lowest BCUT2D eigenvalue weighted by Gasteiger charge is -2.24. The molecule has 16 heavy (non-hydrogen) atoms. The molecule has 0 spiro atoms. The molecular formula is C12H15N3S. The molecule has 1 saturated heterocycles. The number of nitrogens with one attached hydrogen (secondary N) is 2. The largest absolute Gasteiger partial charge is 0.369 e. The van der Waals surface area contributed by atoms with Gasteiger partial charge in [-0.15, -0.1) is 0 Å². The van der Waals surface area contributed by atoms with E-state index >= 15 is 0 Å². The maximum absolute atomic E-state index is 4.45. The summed E-state index contributed by atoms with van der Waals surface area (Å²) in [6.07, 6.45) is 1.17. The van der Waals surface area contributed by atoms with Gasteiger partial charge in [0, 0.05) is 17.5 Å². The van der Waals surface area contributed by atoms with Gasteiger partial charge in [0.05, 0.1) is 5.52 Å². The minimum atomic E-state index is 0.176. The average molecular weight is 233 g/mol. The molecule has 1 aromatic heterocycles. The predicted octanol–water partition coefficient (Wildman–Crippen LogP) is 2.46. The standard InChI is InChI=1S/C12H15N3S/c1-12(6-7-13-8-12)14-11-9-4-2-3-5-10(9)15-16-11/h2-5,13-14H,6-8H2,1H3. The number of rotatable bonds is 2. The van der Waals surface area contributed by atoms with Gasteiger partial charge in [0.2, 0.25) is 0 Å². The smallest absolute Gasteiger partial charge is 0.117 e. The van der Waals surface area contributed by atoms with Crippen LogP contribution in [-0.2, 0) is 0 Å². The minimum Gasteiger partial charge on any atom is -0.369 e. The van der Waals surface area contributed by atoms with Crippen LogP contribution >= 0.6 is 11.5 Å². The van der Waals surface area contributed by atoms with Gasteiger partial charge in [-0.25, -0.2) is 0 Å². The van der Waals surface area contributed by atoms with Gasteiger partial charge in [-0.2, -0.15) is 4.37 Å². The highest BCUT2D eigenvalue weighted by atomic mass is 32.1. The Hall–Kier alpha value is -1.13. The van der Waals surface area contributed by atoms with Crippen molar-refractivity contribution < 1.29 is 0 Å². The molecule has 1 aliphatic rings. The van der Waals surface area contributed by atoms with E-state index in [9.17, 15) is 0 Å². The second-order valence-corrected chi connectivity index (χ2v) is 5.41. The number of anilines is 1. The summed E-state index contributed by atoms with van der Waals surface area (Å²) >= 11 is 1.56. The van der Waals surface area contributed by atoms with Gasteiger partial charge in [0.1, 0.15) is 5.00 Å². The first-order valence-electron chi connectivity index (χ1n) is 5.60. The maximum atomic E-state index is 4.45. The van der Waals surface area contributed by atoms with Crippen LogP contribution in [0.25, 0.3) is 10.9 Å². The molecule has 2 heterocycles. The Bertz CT molecular complexity index is 500. The van der Waals surface area contributed by atoms with Crippen molar-refractivity contribution >= 4 is 27.4 Å². The third kappa shape index (κ3) is 1.68. The number of fused-ring (bicyclic) bond motifs is 1. The highest BCUT2D eigenvalue weighted by molar-refractivity contribution is 7.11. The zero-order valence-electron chi connectivity index (χ0n) is 9.29. The minimum absolute atomic E-state index is 0.176. The van der Waals surface area contributed by atoms with Crippen molar-refractivity contribution in [3.05, 3.63) is 24.3 Å². The van der Waals surface area contributed by atoms with Gasteiger partial charge in [0.15, 0.2) is 0 Å². The van der Waals surface area contributed by atoms with Gasteiger partial charge in [0.25, 0.3) is 0 Å². The number of hydrogen-bond donors (Lipinski definition) is 2. The molecule has 0 saturated carbocycles. The van der Waals surface area contributed by atoms with E-state index in [4.69, 9.17) is 0 Å². The maximum Gasteiger partial charge on any atom is 0.117 e. The van der Waals surface area contributed by atoms with Crippen LogP contribution in [0.3, 0.4) is 0 Å². The first kappa shape index (κ1) is 10.1. The Morgan fingerprint density at radius 2 is 2.31 bits per heavy atom. The SMILES string of the molecule is CC1(Nc2snc3ccccc23)CCNC1. The van der Waals surface area contributed by atoms with Crippen LogP contribution in [0, 0.1) is 0 Å². The molecule has 0 amide bonds. The summed E-state index contributed by atoms with van der Waals surface area (Å²) in [5.74, 6) is 0. The third-order valence-electron chi connectivity index (χ3n) is 3.17. The van der Waals surface area contributed by atoms with Crippen LogP contribution < -0.4 is 10.6 Å². The van der Waals surface area contributed by atoms with E-state index in [1.807, 2.05) is 6.07 Å². The Balaban J connectivity index is 1.94. The van der Waals surface area contributed by atoms with E-state index in [1.165, 1.54) is 16.8 Å². The van der Waals surface area contributed by atoms with E-state index in [0.29, 0.717) is 0 Å². The van der Waals surface area contributed by atoms with Crippen molar-refractivity contribution in [2.45, 2.75) is 18.9 Å². The molecule has 3 nitrogen and oxygen atoms in total. The van der Waals surface area contributed by atoms with Gasteiger partial charge in [-0.3, -0.25) is 0 Å². The molecule has 1 atom stereocenters. The predicted molar refractivity (Wildman–Crippen MR) is 69.1 cm³/mol. The number of aromatic nitrogens is 1. The molecule has 84 valence electrons. The normalized spacial score (nSPS) is 25.1. The topological polar surface area (TPSA) is 37.0 Å². The quantitative estimate of drug-likeness (QED) is 0.836. The summed E-state index contributed by atoms with van der Waals surface area (Å²) in [6.45, 7) is 4.39. The number of hydrogen-bond acceptors (Lipinski definition) is 4. The van der Waals surface area contributed by atoms with Crippen LogP contribution in [0.1, 0.15) is 13.3 Å². The molecule has 3 rings (SSSR count). The summed E-state index contributed by atoms with van der Waals surface area (Å²) in [5, 5.41) is 9.46. The Morgan fingerprint density at radius 1 is 1.44 bits per heavy atom. The van der Waals surface area contributed by atoms with Crippen LogP contribution in [0.5, 0.6) is 0 Å². The fourth-order valence-corrected chi connectivity index (χ4v) is 3.09. The fourth-order valence-electron chi connectivity index (χ4n) is 2.18. The number of benzene rings is 1. The fraction of sp³-hybridized carbons (Fsp3) is 0.417. The lowest BCUT2D eigenvalue weighted by molar-refractivity contribution is 0.569. The molecule has 1 aliphatic heterocycles. The summed E-state index contributed by atoms with van der Waals surface area (Å²) in [5.41, 5.74) is 1.26. The van der Waals surface area contributed by atoms with Gasteiger partial charge < -0.3 is 10.6 Å². The van der Waals surface area contributed by atoms with Crippen molar-refractivity contribution in [3.63, 3.8) is 0 Å². The van der Waals surface area contributed by atoms with E-state index in [-0.39, 0.29) is 5.54 Å². The Morgan fingerprint density at radius 3 is 3.12 bits per heavy atom. The molecule has 2 aromatic rings. The molecule has 0 radical (unpaired) electrons. The second kappa shape index (κ2) is 3.71. The highest BCUT2D eigenvalue weighted by Gasteiger charge is 2.29. The van der Waals surface area contributed by atoms with Crippen molar-refractivity contribution in [2.24, 2.45) is 0 Å². The van der Waals surface area contributed by atoms with E-state index in [2.05, 4.69) is 40.1 Å². The monoisotopic (exact) mass is 233 g/mol. The lowest BCUT2D eigenvalue weighted by atomic mass is 10.0. The molecule has 4 heteroatoms. The first-order chi connectivity index (χ1) is 7.77. The Kier molecular flexibility index (Phi) is 2.33. The zero-order chi connectivity index (χ0) is 11.0. The molecule has 2 N–H and O–H groups in total. The molecule has 1 aromatic carbocycles. The first-order valence-corrected chi connectivity index (χ1v) is 6.38. The molecule has 1 unspecified atom stereocenters. The van der Waals surface area contributed by atoms with Crippen molar-refractivity contribution in [1.82, 2.24) is 9.69 Å². The second-order valence-electron chi connectivity index (χ2n) is 4.64. The lowest BCUT2D eigenvalue weighted by Crippen LogP contribution is -2.36. The summed E-state index contributed by atoms with van der Waals surface area (Å²) in [7, 11) is 0. The van der Waals surface area contributed by atoms with Crippen LogP contribution in [-0.4, -0.2) is 23.0 Å². The van der Waals surface area contributed by atoms with E-state index < -0.39 is 0 Å². The van der Waals surface area contributed by atoms with Gasteiger partial charge in [-0.1, -0.05) is 12.1 Å². The molecule has 0 aliphatic carbocycles. The van der Waals surface area contributed by atoms with Gasteiger partial charge >= 0.3 is 0 Å². The average Bonchev–Trinajstić information content (AvgIpc) is 2.87. The van der Waals surface area contributed by atoms with E-state index in [0.717, 1.165) is 18.6 Å². The Labute approximate surface area is 99.0 Å². The molecular weight excluding hydrogens is 218 g/mol. The summed E-state index contributed by atoms with van der Waals surface area (Å²) < 4.78 is 4.45. The van der Waals surface area contributed by atoms with Crippen LogP contribution in [0.2, 0.25) is 0 Å². The highest BCUT2D eigenvalue weighted by Crippen LogP contribution is 2.31. The van der Waals surface area contributed by atoms with Crippen molar-refractivity contribution in [2.75, 3.05) is 18.4 Å². The third-order valence-corrected chi connectivity index (χ3v) is 3.96. The summed E-state index contributed by atoms with van der Waals surface area (Å²) in [4.78, 5) is 0. The van der Waals surface area contributed by atoms with Crippen molar-refractivity contribution in [1.29, 1.82) is 0 Å². The van der Waals surface area contributed by atoms with Crippen molar-refractivity contribution in [3.8, 4) is 0 Å². The number of nitrogens with zero attached hydrogens (tertiary/aromatic N) is 1. The summed E-state index contributed by atoms with van der Waals surface area (Å²) in [6, 6.07) is 8.29. The van der Waals surface area contributed by atoms with Crippen LogP contribution in [0.15, 0.2) is 24.3 Å².